The van der Waals surface area contributed by atoms with Gasteiger partial charge in [0.2, 0.25) is 11.8 Å². The molecule has 1 fully saturated rings. The summed E-state index contributed by atoms with van der Waals surface area (Å²) < 4.78 is 9.99. The second kappa shape index (κ2) is 9.42. The lowest BCUT2D eigenvalue weighted by Crippen LogP contribution is -2.42. The maximum Gasteiger partial charge on any atom is 0.245 e. The third-order valence-corrected chi connectivity index (χ3v) is 4.27. The van der Waals surface area contributed by atoms with Crippen LogP contribution in [0.1, 0.15) is 44.3 Å². The first-order valence-electron chi connectivity index (χ1n) is 8.61. The maximum atomic E-state index is 12.8. The van der Waals surface area contributed by atoms with Gasteiger partial charge in [0.25, 0.3) is 0 Å². The van der Waals surface area contributed by atoms with Crippen molar-refractivity contribution in [1.29, 1.82) is 0 Å². The number of aryl methyl sites for hydroxylation is 1. The number of hydrogen-bond donors (Lipinski definition) is 1. The van der Waals surface area contributed by atoms with Gasteiger partial charge in [-0.15, -0.1) is 0 Å². The Balaban J connectivity index is 1.93. The molecule has 1 aromatic rings. The number of amides is 2. The Bertz CT molecular complexity index is 538. The topological polar surface area (TPSA) is 84.7 Å². The number of nitrogens with zero attached hydrogens (tertiary/aromatic N) is 2. The third-order valence-electron chi connectivity index (χ3n) is 4.27. The summed E-state index contributed by atoms with van der Waals surface area (Å²) >= 11 is 0. The molecule has 0 spiro atoms. The van der Waals surface area contributed by atoms with E-state index in [0.29, 0.717) is 31.2 Å². The van der Waals surface area contributed by atoms with Crippen molar-refractivity contribution in [2.24, 2.45) is 5.92 Å². The summed E-state index contributed by atoms with van der Waals surface area (Å²) in [6.45, 7) is 2.88. The van der Waals surface area contributed by atoms with Crippen molar-refractivity contribution in [1.82, 2.24) is 10.1 Å². The van der Waals surface area contributed by atoms with E-state index in [0.717, 1.165) is 25.7 Å². The number of ether oxygens (including phenoxy) is 1. The highest BCUT2D eigenvalue weighted by atomic mass is 16.5. The standard InChI is InChI=1S/C17H27N3O4/c1-13-11-15(19-24-13)18-16(21)12-20(9-6-10-23-2)17(22)14-7-4-3-5-8-14/h11,14H,3-10,12H2,1-2H3,(H,18,19,21). The largest absolute Gasteiger partial charge is 0.385 e. The highest BCUT2D eigenvalue weighted by molar-refractivity contribution is 5.94. The minimum Gasteiger partial charge on any atom is -0.385 e. The summed E-state index contributed by atoms with van der Waals surface area (Å²) in [6.07, 6.45) is 5.93. The molecule has 0 bridgehead atoms. The van der Waals surface area contributed by atoms with Crippen LogP contribution in [-0.2, 0) is 14.3 Å². The Hall–Kier alpha value is -1.89. The second-order valence-electron chi connectivity index (χ2n) is 6.31. The normalized spacial score (nSPS) is 15.2. The molecular weight excluding hydrogens is 310 g/mol. The van der Waals surface area contributed by atoms with Crippen LogP contribution < -0.4 is 5.32 Å². The molecule has 1 aromatic heterocycles. The number of carbonyl (C=O) groups excluding carboxylic acids is 2. The number of anilines is 1. The van der Waals surface area contributed by atoms with E-state index in [9.17, 15) is 9.59 Å². The predicted molar refractivity (Wildman–Crippen MR) is 89.5 cm³/mol. The smallest absolute Gasteiger partial charge is 0.245 e. The predicted octanol–water partition coefficient (Wildman–Crippen LogP) is 2.37. The van der Waals surface area contributed by atoms with E-state index in [1.54, 1.807) is 25.0 Å². The number of rotatable bonds is 8. The van der Waals surface area contributed by atoms with Crippen molar-refractivity contribution in [3.05, 3.63) is 11.8 Å². The minimum atomic E-state index is -0.259. The summed E-state index contributed by atoms with van der Waals surface area (Å²) in [5, 5.41) is 6.42. The Morgan fingerprint density at radius 2 is 2.12 bits per heavy atom. The molecule has 0 unspecified atom stereocenters. The molecule has 0 atom stereocenters. The zero-order chi connectivity index (χ0) is 17.4. The van der Waals surface area contributed by atoms with Crippen LogP contribution in [-0.4, -0.2) is 48.7 Å². The van der Waals surface area contributed by atoms with Crippen molar-refractivity contribution in [3.8, 4) is 0 Å². The van der Waals surface area contributed by atoms with Crippen LogP contribution >= 0.6 is 0 Å². The van der Waals surface area contributed by atoms with E-state index in [1.807, 2.05) is 0 Å². The number of methoxy groups -OCH3 is 1. The van der Waals surface area contributed by atoms with Crippen LogP contribution in [0.2, 0.25) is 0 Å². The first-order chi connectivity index (χ1) is 11.6. The highest BCUT2D eigenvalue weighted by Gasteiger charge is 2.27. The van der Waals surface area contributed by atoms with Gasteiger partial charge in [0.05, 0.1) is 6.54 Å². The van der Waals surface area contributed by atoms with Gasteiger partial charge in [0.1, 0.15) is 5.76 Å². The number of nitrogens with one attached hydrogen (secondary N) is 1. The fourth-order valence-electron chi connectivity index (χ4n) is 3.06. The fraction of sp³-hybridized carbons (Fsp3) is 0.706. The Morgan fingerprint density at radius 3 is 2.75 bits per heavy atom. The van der Waals surface area contributed by atoms with Crippen LogP contribution in [0, 0.1) is 12.8 Å². The molecule has 1 N–H and O–H groups in total. The molecule has 7 nitrogen and oxygen atoms in total. The first-order valence-corrected chi connectivity index (χ1v) is 8.61. The van der Waals surface area contributed by atoms with E-state index in [1.165, 1.54) is 6.42 Å². The second-order valence-corrected chi connectivity index (χ2v) is 6.31. The van der Waals surface area contributed by atoms with Gasteiger partial charge < -0.3 is 19.5 Å². The number of carbonyl (C=O) groups is 2. The molecule has 24 heavy (non-hydrogen) atoms. The molecule has 2 amide bonds. The zero-order valence-corrected chi connectivity index (χ0v) is 14.5. The maximum absolute atomic E-state index is 12.8. The van der Waals surface area contributed by atoms with Gasteiger partial charge in [0, 0.05) is 32.2 Å². The summed E-state index contributed by atoms with van der Waals surface area (Å²) in [7, 11) is 1.63. The molecular formula is C17H27N3O4. The van der Waals surface area contributed by atoms with Crippen LogP contribution in [0.15, 0.2) is 10.6 Å². The minimum absolute atomic E-state index is 0.0327. The average Bonchev–Trinajstić information content (AvgIpc) is 2.99. The van der Waals surface area contributed by atoms with Gasteiger partial charge in [-0.2, -0.15) is 0 Å². The number of aromatic nitrogens is 1. The van der Waals surface area contributed by atoms with Crippen molar-refractivity contribution in [3.63, 3.8) is 0 Å². The van der Waals surface area contributed by atoms with Crippen LogP contribution in [0.4, 0.5) is 5.82 Å². The van der Waals surface area contributed by atoms with Crippen molar-refractivity contribution in [2.75, 3.05) is 32.1 Å². The summed E-state index contributed by atoms with van der Waals surface area (Å²) in [4.78, 5) is 26.6. The lowest BCUT2D eigenvalue weighted by Gasteiger charge is -2.29. The van der Waals surface area contributed by atoms with Gasteiger partial charge >= 0.3 is 0 Å². The van der Waals surface area contributed by atoms with Crippen molar-refractivity contribution in [2.45, 2.75) is 45.4 Å². The molecule has 1 aliphatic rings. The average molecular weight is 337 g/mol. The van der Waals surface area contributed by atoms with Crippen molar-refractivity contribution < 1.29 is 18.8 Å². The molecule has 0 aromatic carbocycles. The zero-order valence-electron chi connectivity index (χ0n) is 14.5. The summed E-state index contributed by atoms with van der Waals surface area (Å²) in [5.74, 6) is 0.866. The number of hydrogen-bond acceptors (Lipinski definition) is 5. The lowest BCUT2D eigenvalue weighted by molar-refractivity contribution is -0.139. The highest BCUT2D eigenvalue weighted by Crippen LogP contribution is 2.25. The van der Waals surface area contributed by atoms with Crippen LogP contribution in [0.25, 0.3) is 0 Å². The van der Waals surface area contributed by atoms with Gasteiger partial charge in [0.15, 0.2) is 5.82 Å². The molecule has 7 heteroatoms. The van der Waals surface area contributed by atoms with Gasteiger partial charge in [-0.1, -0.05) is 24.4 Å². The molecule has 0 saturated heterocycles. The molecule has 0 radical (unpaired) electrons. The van der Waals surface area contributed by atoms with Crippen LogP contribution in [0.5, 0.6) is 0 Å². The Labute approximate surface area is 142 Å². The first kappa shape index (κ1) is 18.4. The van der Waals surface area contributed by atoms with Gasteiger partial charge in [-0.3, -0.25) is 9.59 Å². The Kier molecular flexibility index (Phi) is 7.24. The van der Waals surface area contributed by atoms with E-state index >= 15 is 0 Å². The van der Waals surface area contributed by atoms with E-state index < -0.39 is 0 Å². The monoisotopic (exact) mass is 337 g/mol. The summed E-state index contributed by atoms with van der Waals surface area (Å²) in [6, 6.07) is 1.65. The fourth-order valence-corrected chi connectivity index (χ4v) is 3.06. The molecule has 1 saturated carbocycles. The third kappa shape index (κ3) is 5.63. The van der Waals surface area contributed by atoms with Crippen LogP contribution in [0.3, 0.4) is 0 Å². The van der Waals surface area contributed by atoms with Gasteiger partial charge in [-0.05, 0) is 26.2 Å². The Morgan fingerprint density at radius 1 is 1.38 bits per heavy atom. The summed E-state index contributed by atoms with van der Waals surface area (Å²) in [5.41, 5.74) is 0. The molecule has 0 aliphatic heterocycles. The van der Waals surface area contributed by atoms with E-state index in [-0.39, 0.29) is 24.3 Å². The van der Waals surface area contributed by atoms with Gasteiger partial charge in [-0.25, -0.2) is 0 Å². The van der Waals surface area contributed by atoms with E-state index in [2.05, 4.69) is 10.5 Å². The lowest BCUT2D eigenvalue weighted by atomic mass is 9.88. The molecule has 1 aliphatic carbocycles. The quantitative estimate of drug-likeness (QED) is 0.736. The molecule has 134 valence electrons. The molecule has 1 heterocycles. The molecule has 2 rings (SSSR count). The van der Waals surface area contributed by atoms with E-state index in [4.69, 9.17) is 9.26 Å². The van der Waals surface area contributed by atoms with Crippen molar-refractivity contribution >= 4 is 17.6 Å². The SMILES string of the molecule is COCCCN(CC(=O)Nc1cc(C)on1)C(=O)C1CCCCC1.